The number of carbonyl (C=O) groups is 2. The van der Waals surface area contributed by atoms with Gasteiger partial charge in [-0.05, 0) is 19.9 Å². The van der Waals surface area contributed by atoms with Crippen molar-refractivity contribution in [2.45, 2.75) is 20.4 Å². The van der Waals surface area contributed by atoms with Crippen molar-refractivity contribution in [1.82, 2.24) is 19.6 Å². The minimum atomic E-state index is -0.607. The normalized spacial score (nSPS) is 11.0. The first-order valence-electron chi connectivity index (χ1n) is 7.09. The van der Waals surface area contributed by atoms with Crippen LogP contribution in [0, 0.1) is 6.92 Å². The Kier molecular flexibility index (Phi) is 4.95. The zero-order chi connectivity index (χ0) is 17.0. The van der Waals surface area contributed by atoms with Crippen molar-refractivity contribution in [2.75, 3.05) is 12.4 Å². The number of carbonyl (C=O) groups excluding carboxylic acids is 2. The molecule has 0 atom stereocenters. The average Bonchev–Trinajstić information content (AvgIpc) is 3.07. The maximum Gasteiger partial charge on any atom is 0.360 e. The van der Waals surface area contributed by atoms with Gasteiger partial charge in [-0.1, -0.05) is 0 Å². The number of aryl methyl sites for hydroxylation is 2. The number of rotatable bonds is 5. The summed E-state index contributed by atoms with van der Waals surface area (Å²) in [6.07, 6.45) is 6.31. The van der Waals surface area contributed by atoms with Gasteiger partial charge in [0.25, 0.3) is 0 Å². The molecule has 1 N–H and O–H groups in total. The third-order valence-corrected chi connectivity index (χ3v) is 3.32. The first kappa shape index (κ1) is 16.5. The fourth-order valence-electron chi connectivity index (χ4n) is 2.11. The fraction of sp³-hybridized carbons (Fsp3) is 0.333. The molecule has 2 aromatic heterocycles. The number of amides is 1. The molecular formula is C15H19N5O3. The highest BCUT2D eigenvalue weighted by Gasteiger charge is 2.17. The summed E-state index contributed by atoms with van der Waals surface area (Å²) in [4.78, 5) is 23.6. The van der Waals surface area contributed by atoms with Gasteiger partial charge in [-0.25, -0.2) is 4.79 Å². The lowest BCUT2D eigenvalue weighted by Crippen LogP contribution is -2.12. The van der Waals surface area contributed by atoms with E-state index in [2.05, 4.69) is 20.3 Å². The van der Waals surface area contributed by atoms with Gasteiger partial charge in [0, 0.05) is 37.1 Å². The minimum absolute atomic E-state index is 0.0618. The molecule has 0 aromatic carbocycles. The van der Waals surface area contributed by atoms with Crippen LogP contribution in [0.3, 0.4) is 0 Å². The van der Waals surface area contributed by atoms with Gasteiger partial charge in [0.1, 0.15) is 0 Å². The van der Waals surface area contributed by atoms with E-state index in [-0.39, 0.29) is 11.6 Å². The van der Waals surface area contributed by atoms with Gasteiger partial charge in [-0.15, -0.1) is 0 Å². The monoisotopic (exact) mass is 317 g/mol. The van der Waals surface area contributed by atoms with Crippen LogP contribution in [0.5, 0.6) is 0 Å². The Bertz CT molecular complexity index is 757. The molecule has 0 saturated carbocycles. The van der Waals surface area contributed by atoms with Crippen LogP contribution in [-0.4, -0.2) is 38.5 Å². The van der Waals surface area contributed by atoms with E-state index in [1.807, 2.05) is 18.5 Å². The standard InChI is InChI=1S/C15H19N5O3/c1-5-20-10(2)11(8-16-20)6-7-13(21)17-12-9-19(3)18-14(12)15(22)23-4/h6-9H,5H2,1-4H3,(H,17,21)/b7-6+. The van der Waals surface area contributed by atoms with E-state index in [0.29, 0.717) is 5.69 Å². The lowest BCUT2D eigenvalue weighted by atomic mass is 10.2. The predicted octanol–water partition coefficient (Wildman–Crippen LogP) is 1.38. The number of hydrogen-bond acceptors (Lipinski definition) is 5. The van der Waals surface area contributed by atoms with Crippen molar-refractivity contribution >= 4 is 23.6 Å². The average molecular weight is 317 g/mol. The van der Waals surface area contributed by atoms with E-state index in [0.717, 1.165) is 17.8 Å². The van der Waals surface area contributed by atoms with Crippen LogP contribution in [0.2, 0.25) is 0 Å². The topological polar surface area (TPSA) is 91.0 Å². The summed E-state index contributed by atoms with van der Waals surface area (Å²) in [7, 11) is 2.91. The van der Waals surface area contributed by atoms with Crippen LogP contribution in [0.15, 0.2) is 18.5 Å². The highest BCUT2D eigenvalue weighted by atomic mass is 16.5. The lowest BCUT2D eigenvalue weighted by molar-refractivity contribution is -0.111. The molecule has 0 saturated heterocycles. The number of esters is 1. The maximum atomic E-state index is 12.0. The second kappa shape index (κ2) is 6.91. The fourth-order valence-corrected chi connectivity index (χ4v) is 2.11. The molecule has 8 nitrogen and oxygen atoms in total. The van der Waals surface area contributed by atoms with Crippen LogP contribution in [-0.2, 0) is 23.1 Å². The van der Waals surface area contributed by atoms with Crippen molar-refractivity contribution < 1.29 is 14.3 Å². The zero-order valence-corrected chi connectivity index (χ0v) is 13.5. The van der Waals surface area contributed by atoms with Gasteiger partial charge in [-0.3, -0.25) is 14.2 Å². The maximum absolute atomic E-state index is 12.0. The highest BCUT2D eigenvalue weighted by molar-refractivity contribution is 6.05. The summed E-state index contributed by atoms with van der Waals surface area (Å²) in [5.41, 5.74) is 2.20. The molecule has 122 valence electrons. The molecule has 0 fully saturated rings. The molecule has 8 heteroatoms. The number of methoxy groups -OCH3 is 1. The second-order valence-corrected chi connectivity index (χ2v) is 4.88. The van der Waals surface area contributed by atoms with E-state index in [9.17, 15) is 9.59 Å². The molecule has 2 aromatic rings. The van der Waals surface area contributed by atoms with Crippen molar-refractivity contribution in [2.24, 2.45) is 7.05 Å². The molecule has 2 heterocycles. The first-order valence-corrected chi connectivity index (χ1v) is 7.09. The molecule has 0 aliphatic carbocycles. The number of anilines is 1. The smallest absolute Gasteiger partial charge is 0.360 e. The Labute approximate surface area is 133 Å². The largest absolute Gasteiger partial charge is 0.464 e. The molecule has 0 aliphatic rings. The number of nitrogens with zero attached hydrogens (tertiary/aromatic N) is 4. The first-order chi connectivity index (χ1) is 11.0. The van der Waals surface area contributed by atoms with Crippen LogP contribution < -0.4 is 5.32 Å². The summed E-state index contributed by atoms with van der Waals surface area (Å²) < 4.78 is 7.91. The Morgan fingerprint density at radius 3 is 2.78 bits per heavy atom. The van der Waals surface area contributed by atoms with Crippen molar-refractivity contribution in [3.8, 4) is 0 Å². The van der Waals surface area contributed by atoms with Crippen LogP contribution in [0.4, 0.5) is 5.69 Å². The van der Waals surface area contributed by atoms with Crippen molar-refractivity contribution in [3.63, 3.8) is 0 Å². The lowest BCUT2D eigenvalue weighted by Gasteiger charge is -2.01. The third kappa shape index (κ3) is 3.65. The third-order valence-electron chi connectivity index (χ3n) is 3.32. The summed E-state index contributed by atoms with van der Waals surface area (Å²) in [5.74, 6) is -0.975. The van der Waals surface area contributed by atoms with Crippen molar-refractivity contribution in [3.05, 3.63) is 35.4 Å². The number of aromatic nitrogens is 4. The molecular weight excluding hydrogens is 298 g/mol. The van der Waals surface area contributed by atoms with Gasteiger partial charge in [-0.2, -0.15) is 10.2 Å². The molecule has 0 unspecified atom stereocenters. The number of hydrogen-bond donors (Lipinski definition) is 1. The van der Waals surface area contributed by atoms with Gasteiger partial charge in [0.05, 0.1) is 19.0 Å². The molecule has 23 heavy (non-hydrogen) atoms. The van der Waals surface area contributed by atoms with E-state index >= 15 is 0 Å². The van der Waals surface area contributed by atoms with E-state index in [4.69, 9.17) is 0 Å². The Hall–Kier alpha value is -2.90. The van der Waals surface area contributed by atoms with Crippen LogP contribution in [0.1, 0.15) is 28.7 Å². The summed E-state index contributed by atoms with van der Waals surface area (Å²) in [5, 5.41) is 10.8. The van der Waals surface area contributed by atoms with Gasteiger partial charge in [0.2, 0.25) is 5.91 Å². The van der Waals surface area contributed by atoms with Crippen molar-refractivity contribution in [1.29, 1.82) is 0 Å². The molecule has 0 spiro atoms. The minimum Gasteiger partial charge on any atom is -0.464 e. The zero-order valence-electron chi connectivity index (χ0n) is 13.5. The summed E-state index contributed by atoms with van der Waals surface area (Å²) in [6.45, 7) is 4.70. The molecule has 0 radical (unpaired) electrons. The Morgan fingerprint density at radius 1 is 1.43 bits per heavy atom. The Balaban J connectivity index is 2.12. The van der Waals surface area contributed by atoms with Crippen LogP contribution in [0.25, 0.3) is 6.08 Å². The van der Waals surface area contributed by atoms with Gasteiger partial charge < -0.3 is 10.1 Å². The second-order valence-electron chi connectivity index (χ2n) is 4.88. The predicted molar refractivity (Wildman–Crippen MR) is 84.8 cm³/mol. The number of ether oxygens (including phenoxy) is 1. The number of nitrogens with one attached hydrogen (secondary N) is 1. The van der Waals surface area contributed by atoms with E-state index in [1.54, 1.807) is 25.5 Å². The summed E-state index contributed by atoms with van der Waals surface area (Å²) >= 11 is 0. The highest BCUT2D eigenvalue weighted by Crippen LogP contribution is 2.15. The summed E-state index contributed by atoms with van der Waals surface area (Å²) in [6, 6.07) is 0. The Morgan fingerprint density at radius 2 is 2.17 bits per heavy atom. The molecule has 2 rings (SSSR count). The SMILES string of the molecule is CCn1ncc(/C=C/C(=O)Nc2cn(C)nc2C(=O)OC)c1C. The van der Waals surface area contributed by atoms with Crippen LogP contribution >= 0.6 is 0 Å². The molecule has 0 aliphatic heterocycles. The molecule has 1 amide bonds. The van der Waals surface area contributed by atoms with E-state index in [1.165, 1.54) is 17.9 Å². The quantitative estimate of drug-likeness (QED) is 0.664. The van der Waals surface area contributed by atoms with E-state index < -0.39 is 5.97 Å². The van der Waals surface area contributed by atoms with Gasteiger partial charge in [0.15, 0.2) is 5.69 Å². The molecule has 0 bridgehead atoms. The van der Waals surface area contributed by atoms with Gasteiger partial charge >= 0.3 is 5.97 Å².